The third kappa shape index (κ3) is 3.17. The van der Waals surface area contributed by atoms with Gasteiger partial charge in [-0.15, -0.1) is 23.1 Å². The van der Waals surface area contributed by atoms with Crippen LogP contribution in [0.15, 0.2) is 59.6 Å². The van der Waals surface area contributed by atoms with E-state index in [4.69, 9.17) is 0 Å². The van der Waals surface area contributed by atoms with Gasteiger partial charge in [-0.2, -0.15) is 0 Å². The van der Waals surface area contributed by atoms with Crippen molar-refractivity contribution in [1.82, 2.24) is 14.9 Å². The Morgan fingerprint density at radius 3 is 2.75 bits per heavy atom. The Hall–Kier alpha value is -2.08. The minimum atomic E-state index is 0.245. The summed E-state index contributed by atoms with van der Waals surface area (Å²) in [5, 5.41) is 2.51. The summed E-state index contributed by atoms with van der Waals surface area (Å²) < 4.78 is 0. The molecule has 4 aromatic rings. The van der Waals surface area contributed by atoms with Crippen molar-refractivity contribution in [2.45, 2.75) is 30.8 Å². The van der Waals surface area contributed by atoms with Gasteiger partial charge in [-0.05, 0) is 48.9 Å². The first-order chi connectivity index (χ1) is 13.7. The molecule has 1 aliphatic heterocycles. The second kappa shape index (κ2) is 7.39. The van der Waals surface area contributed by atoms with E-state index in [1.54, 1.807) is 23.1 Å². The molecule has 0 amide bonds. The predicted octanol–water partition coefficient (Wildman–Crippen LogP) is 5.80. The molecular formula is C23H23N3S2. The van der Waals surface area contributed by atoms with Crippen molar-refractivity contribution in [3.63, 3.8) is 0 Å². The molecule has 5 rings (SSSR count). The Balaban J connectivity index is 1.60. The Bertz CT molecular complexity index is 1110. The normalized spacial score (nSPS) is 17.1. The fraction of sp³-hybridized carbons (Fsp3) is 0.261. The summed E-state index contributed by atoms with van der Waals surface area (Å²) in [6.07, 6.45) is 5.25. The highest BCUT2D eigenvalue weighted by molar-refractivity contribution is 7.98. The summed E-state index contributed by atoms with van der Waals surface area (Å²) in [5.41, 5.74) is 5.43. The zero-order chi connectivity index (χ0) is 19.1. The average molecular weight is 406 g/mol. The molecule has 2 aromatic heterocycles. The summed E-state index contributed by atoms with van der Waals surface area (Å²) in [5.74, 6) is 0. The minimum absolute atomic E-state index is 0.245. The van der Waals surface area contributed by atoms with Crippen molar-refractivity contribution >= 4 is 34.0 Å². The van der Waals surface area contributed by atoms with Crippen molar-refractivity contribution in [2.75, 3.05) is 12.8 Å². The number of fused-ring (bicyclic) bond motifs is 3. The molecule has 1 atom stereocenters. The number of para-hydroxylation sites is 1. The van der Waals surface area contributed by atoms with Gasteiger partial charge in [0.1, 0.15) is 0 Å². The smallest absolute Gasteiger partial charge is 0.0897 e. The molecule has 0 fully saturated rings. The van der Waals surface area contributed by atoms with Gasteiger partial charge in [-0.1, -0.05) is 30.3 Å². The van der Waals surface area contributed by atoms with Gasteiger partial charge in [0.05, 0.1) is 11.0 Å². The molecule has 0 saturated heterocycles. The van der Waals surface area contributed by atoms with Crippen molar-refractivity contribution in [3.05, 3.63) is 81.4 Å². The molecule has 142 valence electrons. The van der Waals surface area contributed by atoms with Crippen LogP contribution in [0.5, 0.6) is 0 Å². The number of nitrogens with one attached hydrogen (secondary N) is 1. The summed E-state index contributed by atoms with van der Waals surface area (Å²) in [7, 11) is 0. The standard InChI is InChI=1S/C23H23N3S2/c1-15-24-13-18(28-15)14-26-12-11-20-19-5-3-4-6-21(19)25-22(20)23(26)16-7-9-17(27-2)10-8-16/h3-10,13,23,25H,11-12,14H2,1-2H3. The quantitative estimate of drug-likeness (QED) is 0.435. The van der Waals surface area contributed by atoms with Crippen LogP contribution < -0.4 is 0 Å². The van der Waals surface area contributed by atoms with Gasteiger partial charge in [0, 0.05) is 45.7 Å². The van der Waals surface area contributed by atoms with Crippen LogP contribution in [0.25, 0.3) is 10.9 Å². The third-order valence-corrected chi connectivity index (χ3v) is 7.23. The zero-order valence-corrected chi connectivity index (χ0v) is 17.7. The monoisotopic (exact) mass is 405 g/mol. The van der Waals surface area contributed by atoms with E-state index in [-0.39, 0.29) is 6.04 Å². The largest absolute Gasteiger partial charge is 0.357 e. The fourth-order valence-corrected chi connectivity index (χ4v) is 5.53. The van der Waals surface area contributed by atoms with Crippen molar-refractivity contribution in [3.8, 4) is 0 Å². The van der Waals surface area contributed by atoms with Crippen LogP contribution in [0.1, 0.15) is 32.7 Å². The van der Waals surface area contributed by atoms with Gasteiger partial charge < -0.3 is 4.98 Å². The van der Waals surface area contributed by atoms with Crippen molar-refractivity contribution < 1.29 is 0 Å². The number of thiazole rings is 1. The molecule has 0 bridgehead atoms. The molecule has 1 aliphatic rings. The van der Waals surface area contributed by atoms with E-state index < -0.39 is 0 Å². The first-order valence-corrected chi connectivity index (χ1v) is 11.7. The number of hydrogen-bond donors (Lipinski definition) is 1. The number of aromatic nitrogens is 2. The van der Waals surface area contributed by atoms with Gasteiger partial charge in [-0.25, -0.2) is 4.98 Å². The lowest BCUT2D eigenvalue weighted by molar-refractivity contribution is 0.203. The molecule has 28 heavy (non-hydrogen) atoms. The van der Waals surface area contributed by atoms with Crippen LogP contribution in [-0.2, 0) is 13.0 Å². The van der Waals surface area contributed by atoms with E-state index in [1.165, 1.54) is 37.5 Å². The molecule has 0 spiro atoms. The molecule has 1 unspecified atom stereocenters. The van der Waals surface area contributed by atoms with Crippen LogP contribution >= 0.6 is 23.1 Å². The number of hydrogen-bond acceptors (Lipinski definition) is 4. The second-order valence-electron chi connectivity index (χ2n) is 7.30. The van der Waals surface area contributed by atoms with Crippen LogP contribution in [0.3, 0.4) is 0 Å². The van der Waals surface area contributed by atoms with E-state index in [1.807, 2.05) is 6.20 Å². The first kappa shape index (κ1) is 18.0. The Morgan fingerprint density at radius 1 is 1.18 bits per heavy atom. The van der Waals surface area contributed by atoms with Gasteiger partial charge in [0.25, 0.3) is 0 Å². The molecular weight excluding hydrogens is 382 g/mol. The van der Waals surface area contributed by atoms with Crippen LogP contribution in [0.2, 0.25) is 0 Å². The zero-order valence-electron chi connectivity index (χ0n) is 16.1. The van der Waals surface area contributed by atoms with Crippen molar-refractivity contribution in [2.24, 2.45) is 0 Å². The third-order valence-electron chi connectivity index (χ3n) is 5.59. The Labute approximate surface area is 173 Å². The number of nitrogens with zero attached hydrogens (tertiary/aromatic N) is 2. The average Bonchev–Trinajstić information content (AvgIpc) is 3.31. The maximum absolute atomic E-state index is 4.46. The highest BCUT2D eigenvalue weighted by Gasteiger charge is 2.31. The van der Waals surface area contributed by atoms with E-state index in [2.05, 4.69) is 76.6 Å². The van der Waals surface area contributed by atoms with Gasteiger partial charge in [0.2, 0.25) is 0 Å². The lowest BCUT2D eigenvalue weighted by atomic mass is 9.92. The highest BCUT2D eigenvalue weighted by Crippen LogP contribution is 2.39. The lowest BCUT2D eigenvalue weighted by Crippen LogP contribution is -2.35. The second-order valence-corrected chi connectivity index (χ2v) is 9.50. The van der Waals surface area contributed by atoms with E-state index in [9.17, 15) is 0 Å². The maximum Gasteiger partial charge on any atom is 0.0897 e. The van der Waals surface area contributed by atoms with E-state index in [0.29, 0.717) is 0 Å². The molecule has 0 aliphatic carbocycles. The summed E-state index contributed by atoms with van der Waals surface area (Å²) >= 11 is 3.60. The van der Waals surface area contributed by atoms with Crippen LogP contribution in [0.4, 0.5) is 0 Å². The topological polar surface area (TPSA) is 31.9 Å². The molecule has 3 heterocycles. The summed E-state index contributed by atoms with van der Waals surface area (Å²) in [6.45, 7) is 4.08. The number of rotatable bonds is 4. The number of aryl methyl sites for hydroxylation is 1. The summed E-state index contributed by atoms with van der Waals surface area (Å²) in [6, 6.07) is 18.0. The van der Waals surface area contributed by atoms with E-state index in [0.717, 1.165) is 24.5 Å². The SMILES string of the molecule is CSc1ccc(C2c3[nH]c4ccccc4c3CCN2Cc2cnc(C)s2)cc1. The van der Waals surface area contributed by atoms with Gasteiger partial charge in [0.15, 0.2) is 0 Å². The number of benzene rings is 2. The molecule has 3 nitrogen and oxygen atoms in total. The molecule has 0 saturated carbocycles. The lowest BCUT2D eigenvalue weighted by Gasteiger charge is -2.36. The predicted molar refractivity (Wildman–Crippen MR) is 119 cm³/mol. The van der Waals surface area contributed by atoms with Crippen LogP contribution in [-0.4, -0.2) is 27.7 Å². The minimum Gasteiger partial charge on any atom is -0.357 e. The van der Waals surface area contributed by atoms with E-state index >= 15 is 0 Å². The molecule has 1 N–H and O–H groups in total. The summed E-state index contributed by atoms with van der Waals surface area (Å²) in [4.78, 5) is 13.5. The van der Waals surface area contributed by atoms with Crippen LogP contribution in [0, 0.1) is 6.92 Å². The Morgan fingerprint density at radius 2 is 2.00 bits per heavy atom. The number of aromatic amines is 1. The number of H-pyrrole nitrogens is 1. The maximum atomic E-state index is 4.46. The highest BCUT2D eigenvalue weighted by atomic mass is 32.2. The Kier molecular flexibility index (Phi) is 4.75. The fourth-order valence-electron chi connectivity index (χ4n) is 4.30. The van der Waals surface area contributed by atoms with Crippen molar-refractivity contribution in [1.29, 1.82) is 0 Å². The van der Waals surface area contributed by atoms with Gasteiger partial charge >= 0.3 is 0 Å². The van der Waals surface area contributed by atoms with Gasteiger partial charge in [-0.3, -0.25) is 4.90 Å². The molecule has 5 heteroatoms. The first-order valence-electron chi connectivity index (χ1n) is 9.61. The number of thioether (sulfide) groups is 1. The molecule has 2 aromatic carbocycles. The molecule has 0 radical (unpaired) electrons.